The standard InChI is InChI=1S/C24H21N3O5/c1-15-7-10-17(11-8-15)27-32-22(28)14-31-20-12-9-16(13-21(20)30-2)23-25-19-6-4-3-5-18(19)24(29)26-23/h3-13,27H,14H2,1-2H3,(H,25,26,29). The molecular formula is C24H21N3O5. The van der Waals surface area contributed by atoms with Crippen LogP contribution in [-0.2, 0) is 9.63 Å². The molecule has 8 heteroatoms. The minimum atomic E-state index is -0.600. The molecule has 0 amide bonds. The number of nitrogens with one attached hydrogen (secondary N) is 2. The van der Waals surface area contributed by atoms with Gasteiger partial charge in [-0.15, -0.1) is 0 Å². The molecule has 4 aromatic rings. The molecule has 1 heterocycles. The quantitative estimate of drug-likeness (QED) is 0.429. The topological polar surface area (TPSA) is 103 Å². The van der Waals surface area contributed by atoms with E-state index in [0.29, 0.717) is 39.5 Å². The van der Waals surface area contributed by atoms with E-state index in [1.165, 1.54) is 7.11 Å². The molecule has 1 aromatic heterocycles. The van der Waals surface area contributed by atoms with E-state index in [2.05, 4.69) is 15.4 Å². The molecule has 32 heavy (non-hydrogen) atoms. The number of carbonyl (C=O) groups excluding carboxylic acids is 1. The highest BCUT2D eigenvalue weighted by atomic mass is 16.7. The molecule has 4 rings (SSSR count). The van der Waals surface area contributed by atoms with Gasteiger partial charge in [0.25, 0.3) is 5.56 Å². The van der Waals surface area contributed by atoms with Crippen LogP contribution in [0.15, 0.2) is 71.5 Å². The number of aryl methyl sites for hydroxylation is 1. The predicted molar refractivity (Wildman–Crippen MR) is 121 cm³/mol. The Morgan fingerprint density at radius 3 is 2.59 bits per heavy atom. The Morgan fingerprint density at radius 1 is 1.03 bits per heavy atom. The van der Waals surface area contributed by atoms with Crippen molar-refractivity contribution in [2.24, 2.45) is 0 Å². The van der Waals surface area contributed by atoms with Crippen molar-refractivity contribution in [3.8, 4) is 22.9 Å². The number of ether oxygens (including phenoxy) is 2. The van der Waals surface area contributed by atoms with Crippen LogP contribution in [0.2, 0.25) is 0 Å². The molecule has 0 fully saturated rings. The smallest absolute Gasteiger partial charge is 0.369 e. The number of benzene rings is 3. The number of fused-ring (bicyclic) bond motifs is 1. The second-order valence-electron chi connectivity index (χ2n) is 7.03. The van der Waals surface area contributed by atoms with Crippen molar-refractivity contribution in [3.63, 3.8) is 0 Å². The van der Waals surface area contributed by atoms with Crippen LogP contribution in [-0.4, -0.2) is 29.7 Å². The summed E-state index contributed by atoms with van der Waals surface area (Å²) in [5.74, 6) is 0.543. The molecule has 0 radical (unpaired) electrons. The van der Waals surface area contributed by atoms with Crippen LogP contribution in [0.3, 0.4) is 0 Å². The zero-order valence-electron chi connectivity index (χ0n) is 17.5. The average molecular weight is 431 g/mol. The fourth-order valence-electron chi connectivity index (χ4n) is 3.06. The van der Waals surface area contributed by atoms with Crippen molar-refractivity contribution in [2.45, 2.75) is 6.92 Å². The SMILES string of the molecule is COc1cc(-c2nc3ccccc3c(=O)[nH]2)ccc1OCC(=O)ONc1ccc(C)cc1. The Labute approximate surface area is 183 Å². The predicted octanol–water partition coefficient (Wildman–Crippen LogP) is 3.86. The van der Waals surface area contributed by atoms with E-state index in [1.54, 1.807) is 48.5 Å². The highest BCUT2D eigenvalue weighted by molar-refractivity contribution is 5.79. The van der Waals surface area contributed by atoms with Gasteiger partial charge in [0.15, 0.2) is 18.1 Å². The number of methoxy groups -OCH3 is 1. The van der Waals surface area contributed by atoms with Gasteiger partial charge >= 0.3 is 5.97 Å². The zero-order chi connectivity index (χ0) is 22.5. The van der Waals surface area contributed by atoms with Crippen LogP contribution in [0.25, 0.3) is 22.3 Å². The molecule has 8 nitrogen and oxygen atoms in total. The number of para-hydroxylation sites is 1. The Bertz CT molecular complexity index is 1320. The summed E-state index contributed by atoms with van der Waals surface area (Å²) in [4.78, 5) is 36.6. The van der Waals surface area contributed by atoms with E-state index in [-0.39, 0.29) is 12.2 Å². The molecule has 0 atom stereocenters. The number of H-pyrrole nitrogens is 1. The lowest BCUT2D eigenvalue weighted by molar-refractivity contribution is -0.143. The molecule has 0 saturated heterocycles. The van der Waals surface area contributed by atoms with Crippen molar-refractivity contribution in [1.29, 1.82) is 0 Å². The molecule has 0 bridgehead atoms. The minimum absolute atomic E-state index is 0.228. The molecule has 0 aliphatic rings. The summed E-state index contributed by atoms with van der Waals surface area (Å²) in [7, 11) is 1.49. The van der Waals surface area contributed by atoms with Gasteiger partial charge in [0, 0.05) is 5.56 Å². The maximum atomic E-state index is 12.3. The number of carbonyl (C=O) groups is 1. The molecule has 2 N–H and O–H groups in total. The van der Waals surface area contributed by atoms with Crippen LogP contribution < -0.4 is 20.5 Å². The second kappa shape index (κ2) is 9.22. The molecule has 162 valence electrons. The van der Waals surface area contributed by atoms with Crippen LogP contribution in [0.4, 0.5) is 5.69 Å². The highest BCUT2D eigenvalue weighted by Gasteiger charge is 2.13. The first-order chi connectivity index (χ1) is 15.5. The lowest BCUT2D eigenvalue weighted by Gasteiger charge is -2.12. The average Bonchev–Trinajstić information content (AvgIpc) is 2.82. The fourth-order valence-corrected chi connectivity index (χ4v) is 3.06. The Morgan fingerprint density at radius 2 is 1.81 bits per heavy atom. The van der Waals surface area contributed by atoms with Gasteiger partial charge in [0.1, 0.15) is 5.82 Å². The van der Waals surface area contributed by atoms with Gasteiger partial charge < -0.3 is 19.3 Å². The van der Waals surface area contributed by atoms with Crippen LogP contribution in [0.1, 0.15) is 5.56 Å². The van der Waals surface area contributed by atoms with Gasteiger partial charge in [-0.1, -0.05) is 29.8 Å². The maximum Gasteiger partial charge on any atom is 0.369 e. The Balaban J connectivity index is 1.45. The van der Waals surface area contributed by atoms with E-state index in [9.17, 15) is 9.59 Å². The third-order valence-electron chi connectivity index (χ3n) is 4.73. The molecular weight excluding hydrogens is 410 g/mol. The van der Waals surface area contributed by atoms with Gasteiger partial charge in [-0.25, -0.2) is 15.3 Å². The van der Waals surface area contributed by atoms with Crippen LogP contribution in [0, 0.1) is 6.92 Å². The number of aromatic nitrogens is 2. The summed E-state index contributed by atoms with van der Waals surface area (Å²) < 4.78 is 10.9. The van der Waals surface area contributed by atoms with Gasteiger partial charge in [-0.05, 0) is 49.4 Å². The van der Waals surface area contributed by atoms with Gasteiger partial charge in [0.2, 0.25) is 0 Å². The minimum Gasteiger partial charge on any atom is -0.493 e. The summed E-state index contributed by atoms with van der Waals surface area (Å²) in [5.41, 5.74) is 5.34. The first-order valence-corrected chi connectivity index (χ1v) is 9.86. The van der Waals surface area contributed by atoms with E-state index in [4.69, 9.17) is 14.3 Å². The molecule has 0 spiro atoms. The van der Waals surface area contributed by atoms with E-state index < -0.39 is 5.97 Å². The monoisotopic (exact) mass is 431 g/mol. The van der Waals surface area contributed by atoms with Crippen molar-refractivity contribution in [3.05, 3.63) is 82.6 Å². The summed E-state index contributed by atoms with van der Waals surface area (Å²) in [6, 6.07) is 19.6. The molecule has 3 aromatic carbocycles. The first-order valence-electron chi connectivity index (χ1n) is 9.86. The number of nitrogens with zero attached hydrogens (tertiary/aromatic N) is 1. The number of hydrogen-bond donors (Lipinski definition) is 2. The summed E-state index contributed by atoms with van der Waals surface area (Å²) in [5, 5.41) is 0.515. The Hall–Kier alpha value is -4.33. The third kappa shape index (κ3) is 4.70. The van der Waals surface area contributed by atoms with E-state index in [1.807, 2.05) is 25.1 Å². The lowest BCUT2D eigenvalue weighted by Crippen LogP contribution is -2.18. The molecule has 0 saturated carbocycles. The van der Waals surface area contributed by atoms with E-state index >= 15 is 0 Å². The van der Waals surface area contributed by atoms with Gasteiger partial charge in [-0.2, -0.15) is 0 Å². The van der Waals surface area contributed by atoms with Crippen molar-refractivity contribution < 1.29 is 19.1 Å². The molecule has 0 unspecified atom stereocenters. The molecule has 0 aliphatic carbocycles. The normalized spacial score (nSPS) is 10.6. The number of aromatic amines is 1. The first kappa shape index (κ1) is 20.9. The number of rotatable bonds is 7. The van der Waals surface area contributed by atoms with Gasteiger partial charge in [-0.3, -0.25) is 4.79 Å². The largest absolute Gasteiger partial charge is 0.493 e. The number of hydrogen-bond acceptors (Lipinski definition) is 7. The van der Waals surface area contributed by atoms with Crippen LogP contribution >= 0.6 is 0 Å². The molecule has 0 aliphatic heterocycles. The van der Waals surface area contributed by atoms with Crippen molar-refractivity contribution in [1.82, 2.24) is 9.97 Å². The second-order valence-corrected chi connectivity index (χ2v) is 7.03. The summed E-state index contributed by atoms with van der Waals surface area (Å²) >= 11 is 0. The van der Waals surface area contributed by atoms with Crippen LogP contribution in [0.5, 0.6) is 11.5 Å². The zero-order valence-corrected chi connectivity index (χ0v) is 17.5. The lowest BCUT2D eigenvalue weighted by atomic mass is 10.1. The van der Waals surface area contributed by atoms with E-state index in [0.717, 1.165) is 5.56 Å². The number of anilines is 1. The highest BCUT2D eigenvalue weighted by Crippen LogP contribution is 2.31. The third-order valence-corrected chi connectivity index (χ3v) is 4.73. The fraction of sp³-hybridized carbons (Fsp3) is 0.125. The summed E-state index contributed by atoms with van der Waals surface area (Å²) in [6.45, 7) is 1.65. The van der Waals surface area contributed by atoms with Gasteiger partial charge in [0.05, 0.1) is 23.7 Å². The maximum absolute atomic E-state index is 12.3. The van der Waals surface area contributed by atoms with Crippen molar-refractivity contribution >= 4 is 22.6 Å². The van der Waals surface area contributed by atoms with Crippen molar-refractivity contribution in [2.75, 3.05) is 19.2 Å². The Kier molecular flexibility index (Phi) is 6.03. The summed E-state index contributed by atoms with van der Waals surface area (Å²) in [6.07, 6.45) is 0.